The van der Waals surface area contributed by atoms with Gasteiger partial charge in [0.05, 0.1) is 54.0 Å². The Morgan fingerprint density at radius 3 is 0.862 bits per heavy atom. The number of ether oxygens (including phenoxy) is 2. The number of halogens is 2. The number of hydrazine groups is 3. The Hall–Kier alpha value is -7.36. The summed E-state index contributed by atoms with van der Waals surface area (Å²) >= 11 is 7.15. The van der Waals surface area contributed by atoms with Crippen LogP contribution in [-0.2, 0) is 37.4 Å². The fraction of sp³-hybridized carbons (Fsp3) is 0.482. The number of carbonyl (C=O) groups excluding carboxylic acids is 7. The zero-order chi connectivity index (χ0) is 82.2. The number of hydrogen-bond donors (Lipinski definition) is 3. The summed E-state index contributed by atoms with van der Waals surface area (Å²) in [6, 6.07) is 32.1. The number of methoxy groups -OCH3 is 2. The maximum absolute atomic E-state index is 13.6. The smallest absolute Gasteiger partial charge is 0.399 e. The summed E-state index contributed by atoms with van der Waals surface area (Å²) in [7, 11) is 0.895. The molecule has 3 aliphatic heterocycles. The molecule has 0 bridgehead atoms. The van der Waals surface area contributed by atoms with Crippen molar-refractivity contribution in [2.24, 2.45) is 0 Å². The van der Waals surface area contributed by atoms with E-state index in [1.807, 2.05) is 235 Å². The lowest BCUT2D eigenvalue weighted by atomic mass is 9.75. The third-order valence-corrected chi connectivity index (χ3v) is 21.3. The van der Waals surface area contributed by atoms with Crippen molar-refractivity contribution in [1.29, 1.82) is 0 Å². The van der Waals surface area contributed by atoms with Gasteiger partial charge in [-0.15, -0.1) is 0 Å². The summed E-state index contributed by atoms with van der Waals surface area (Å²) in [6.07, 6.45) is 0.0333. The average Bonchev–Trinajstić information content (AvgIpc) is 1.64. The minimum atomic E-state index is -0.802. The van der Waals surface area contributed by atoms with Gasteiger partial charge in [0.1, 0.15) is 6.29 Å². The summed E-state index contributed by atoms with van der Waals surface area (Å²) in [5.74, 6) is -2.19. The molecule has 0 aliphatic carbocycles. The first-order chi connectivity index (χ1) is 50.0. The highest BCUT2D eigenvalue weighted by Crippen LogP contribution is 2.41. The molecule has 26 heteroatoms. The van der Waals surface area contributed by atoms with E-state index in [4.69, 9.17) is 37.4 Å². The maximum atomic E-state index is 13.6. The van der Waals surface area contributed by atoms with E-state index in [2.05, 4.69) is 48.1 Å². The van der Waals surface area contributed by atoms with Gasteiger partial charge in [-0.25, -0.2) is 15.0 Å². The first kappa shape index (κ1) is 88.9. The number of hydrogen-bond acceptors (Lipinski definition) is 15. The Balaban J connectivity index is 0.000000228. The zero-order valence-corrected chi connectivity index (χ0v) is 72.2. The largest absolute Gasteiger partial charge is 0.495 e. The van der Waals surface area contributed by atoms with Crippen LogP contribution < -0.4 is 32.7 Å². The van der Waals surface area contributed by atoms with E-state index in [9.17, 15) is 33.6 Å². The molecule has 3 N–H and O–H groups in total. The minimum absolute atomic E-state index is 0.159. The van der Waals surface area contributed by atoms with Crippen LogP contribution in [0.5, 0.6) is 0 Å². The predicted octanol–water partition coefficient (Wildman–Crippen LogP) is 14.5. The predicted molar refractivity (Wildman–Crippen MR) is 437 cm³/mol. The Morgan fingerprint density at radius 2 is 0.615 bits per heavy atom. The number of benzene rings is 6. The molecule has 0 saturated carbocycles. The first-order valence-electron chi connectivity index (χ1n) is 36.5. The molecule has 0 atom stereocenters. The normalized spacial score (nSPS) is 16.7. The van der Waals surface area contributed by atoms with Crippen molar-refractivity contribution in [3.63, 3.8) is 0 Å². The topological polar surface area (TPSA) is 239 Å². The van der Waals surface area contributed by atoms with Gasteiger partial charge >= 0.3 is 21.4 Å². The third kappa shape index (κ3) is 20.9. The van der Waals surface area contributed by atoms with Crippen molar-refractivity contribution in [2.45, 2.75) is 247 Å². The number of carbonyl (C=O) groups is 7. The van der Waals surface area contributed by atoms with Crippen LogP contribution in [0.2, 0.25) is 0 Å². The summed E-state index contributed by atoms with van der Waals surface area (Å²) in [4.78, 5) is 92.5. The highest BCUT2D eigenvalue weighted by Gasteiger charge is 2.55. The van der Waals surface area contributed by atoms with Crippen molar-refractivity contribution in [3.05, 3.63) is 193 Å². The van der Waals surface area contributed by atoms with Gasteiger partial charge in [-0.05, 0) is 282 Å². The summed E-state index contributed by atoms with van der Waals surface area (Å²) in [5, 5.41) is 4.11. The van der Waals surface area contributed by atoms with Gasteiger partial charge in [0.15, 0.2) is 6.29 Å². The van der Waals surface area contributed by atoms with E-state index in [1.165, 1.54) is 15.0 Å². The molecule has 3 fully saturated rings. The standard InChI is InChI=1S/C29H41BN2O6.C27H35BBr2N2O4.C27H35BN2O5/c1-18-14-19(2)16-21(15-18)25(34)32(27(3,4)5)31-24(33)20-12-13-22(26(35-10)36-11)23(17-20)30-37-28(6,7)29(8,9)38-30;1-16-12-17(2)14-19(13-16)24(34)32(25(3,4)5)31-23(33)18-10-11-20(22(29)30)21(15-18)28-35-26(6,7)27(8,9)36-28;1-17-12-18(2)14-21(13-17)24(33)30(25(3,4)5)29-23(32)19-10-11-20(16-31)22(15-19)28-34-26(6,7)27(8,9)35-28/h12-17,26H,1-11H3,(H,31,33);10-15,22H,1-9H3,(H,31,33);10-16H,1-9H3,(H,29,32). The lowest BCUT2D eigenvalue weighted by Gasteiger charge is -2.35. The van der Waals surface area contributed by atoms with Gasteiger partial charge in [0.25, 0.3) is 35.4 Å². The van der Waals surface area contributed by atoms with Gasteiger partial charge in [-0.3, -0.25) is 49.8 Å². The molecule has 3 aliphatic rings. The minimum Gasteiger partial charge on any atom is -0.399 e. The first-order valence-corrected chi connectivity index (χ1v) is 38.3. The van der Waals surface area contributed by atoms with Crippen molar-refractivity contribution in [3.8, 4) is 0 Å². The van der Waals surface area contributed by atoms with Crippen LogP contribution in [0.3, 0.4) is 0 Å². The van der Waals surface area contributed by atoms with Gasteiger partial charge in [0, 0.05) is 58.7 Å². The molecule has 6 aromatic rings. The van der Waals surface area contributed by atoms with Gasteiger partial charge < -0.3 is 37.4 Å². The van der Waals surface area contributed by atoms with Crippen molar-refractivity contribution < 1.29 is 71.0 Å². The van der Waals surface area contributed by atoms with Gasteiger partial charge in [0.2, 0.25) is 0 Å². The SMILES string of the molecule is COC(OC)c1ccc(C(=O)NN(C(=O)c2cc(C)cc(C)c2)C(C)(C)C)cc1B1OC(C)(C)C(C)(C)O1.Cc1cc(C)cc(C(=O)N(NC(=O)c2ccc(C(Br)Br)c(B3OC(C)(C)C(C)(C)O3)c2)C(C)(C)C)c1.Cc1cc(C)cc(C(=O)N(NC(=O)c2ccc(C=O)c(B3OC(C)(C)C(C)(C)O3)c2)C(C)(C)C)c1. The monoisotopic (exact) mass is 1620 g/mol. The Labute approximate surface area is 663 Å². The van der Waals surface area contributed by atoms with E-state index >= 15 is 0 Å². The maximum Gasteiger partial charge on any atom is 0.495 e. The van der Waals surface area contributed by atoms with Crippen LogP contribution in [0.1, 0.15) is 272 Å². The second kappa shape index (κ2) is 33.5. The second-order valence-corrected chi connectivity index (χ2v) is 37.5. The number of nitrogens with zero attached hydrogens (tertiary/aromatic N) is 3. The molecular weight excluding hydrogens is 1510 g/mol. The molecule has 0 aromatic heterocycles. The van der Waals surface area contributed by atoms with Crippen LogP contribution in [-0.4, -0.2) is 143 Å². The Bertz CT molecular complexity index is 4310. The molecule has 6 aromatic carbocycles. The van der Waals surface area contributed by atoms with Crippen LogP contribution >= 0.6 is 31.9 Å². The molecule has 0 unspecified atom stereocenters. The molecular formula is C83H111B3Br2N6O15. The number of rotatable bonds is 14. The van der Waals surface area contributed by atoms with E-state index in [1.54, 1.807) is 74.9 Å². The van der Waals surface area contributed by atoms with E-state index in [0.717, 1.165) is 44.4 Å². The van der Waals surface area contributed by atoms with Crippen LogP contribution in [0.15, 0.2) is 109 Å². The van der Waals surface area contributed by atoms with Gasteiger partial charge in [-0.1, -0.05) is 102 Å². The lowest BCUT2D eigenvalue weighted by Crippen LogP contribution is -2.56. The molecule has 109 heavy (non-hydrogen) atoms. The third-order valence-electron chi connectivity index (χ3n) is 20.3. The Kier molecular flexibility index (Phi) is 27.3. The summed E-state index contributed by atoms with van der Waals surface area (Å²) in [5.41, 5.74) is 15.2. The molecule has 9 rings (SSSR count). The van der Waals surface area contributed by atoms with Crippen molar-refractivity contribution >= 4 is 111 Å². The fourth-order valence-corrected chi connectivity index (χ4v) is 13.1. The van der Waals surface area contributed by atoms with Crippen molar-refractivity contribution in [1.82, 2.24) is 31.3 Å². The molecule has 21 nitrogen and oxygen atoms in total. The highest BCUT2D eigenvalue weighted by atomic mass is 79.9. The van der Waals surface area contributed by atoms with Crippen LogP contribution in [0, 0.1) is 41.5 Å². The van der Waals surface area contributed by atoms with E-state index in [-0.39, 0.29) is 27.0 Å². The summed E-state index contributed by atoms with van der Waals surface area (Å²) < 4.78 is 48.2. The number of aryl methyl sites for hydroxylation is 6. The van der Waals surface area contributed by atoms with Crippen LogP contribution in [0.4, 0.5) is 0 Å². The fourth-order valence-electron chi connectivity index (χ4n) is 12.3. The van der Waals surface area contributed by atoms with E-state index < -0.39 is 95.6 Å². The number of nitrogens with one attached hydrogen (secondary N) is 3. The van der Waals surface area contributed by atoms with E-state index in [0.29, 0.717) is 56.2 Å². The molecule has 3 saturated heterocycles. The number of alkyl halides is 2. The average molecular weight is 1630 g/mol. The quantitative estimate of drug-likeness (QED) is 0.0302. The zero-order valence-electron chi connectivity index (χ0n) is 69.1. The molecule has 6 amide bonds. The molecule has 3 heterocycles. The van der Waals surface area contributed by atoms with Crippen molar-refractivity contribution in [2.75, 3.05) is 14.2 Å². The van der Waals surface area contributed by atoms with Gasteiger partial charge in [-0.2, -0.15) is 0 Å². The lowest BCUT2D eigenvalue weighted by molar-refractivity contribution is -0.105. The molecule has 586 valence electrons. The number of amides is 6. The molecule has 0 radical (unpaired) electrons. The molecule has 0 spiro atoms. The van der Waals surface area contributed by atoms with Crippen LogP contribution in [0.25, 0.3) is 0 Å². The highest BCUT2D eigenvalue weighted by molar-refractivity contribution is 9.24. The summed E-state index contributed by atoms with van der Waals surface area (Å²) in [6.45, 7) is 51.9. The second-order valence-electron chi connectivity index (χ2n) is 34.4. The Morgan fingerprint density at radius 1 is 0.376 bits per heavy atom. The number of aldehydes is 1.